The molecular formula is C18H18N4O3. The first-order chi connectivity index (χ1) is 12.2. The molecule has 0 atom stereocenters. The van der Waals surface area contributed by atoms with Gasteiger partial charge in [0.25, 0.3) is 0 Å². The average Bonchev–Trinajstić information content (AvgIpc) is 3.17. The molecule has 0 aliphatic rings. The molecule has 25 heavy (non-hydrogen) atoms. The Kier molecular flexibility index (Phi) is 4.94. The molecule has 3 aromatic rings. The largest absolute Gasteiger partial charge is 0.497 e. The van der Waals surface area contributed by atoms with E-state index in [9.17, 15) is 4.79 Å². The second-order valence-corrected chi connectivity index (χ2v) is 5.27. The summed E-state index contributed by atoms with van der Waals surface area (Å²) in [5.41, 5.74) is 2.27. The number of nitrogens with one attached hydrogen (secondary N) is 1. The predicted molar refractivity (Wildman–Crippen MR) is 93.2 cm³/mol. The number of rotatable bonds is 6. The Hall–Kier alpha value is -3.35. The lowest BCUT2D eigenvalue weighted by molar-refractivity contribution is -0.115. The van der Waals surface area contributed by atoms with Gasteiger partial charge in [0.1, 0.15) is 11.5 Å². The highest BCUT2D eigenvalue weighted by Gasteiger charge is 2.11. The van der Waals surface area contributed by atoms with Crippen LogP contribution in [0.5, 0.6) is 11.5 Å². The lowest BCUT2D eigenvalue weighted by atomic mass is 10.1. The van der Waals surface area contributed by atoms with Gasteiger partial charge in [0.15, 0.2) is 0 Å². The topological polar surface area (TPSA) is 78.3 Å². The van der Waals surface area contributed by atoms with Crippen LogP contribution >= 0.6 is 0 Å². The first kappa shape index (κ1) is 16.5. The molecule has 0 aliphatic carbocycles. The van der Waals surface area contributed by atoms with Gasteiger partial charge >= 0.3 is 0 Å². The van der Waals surface area contributed by atoms with Gasteiger partial charge < -0.3 is 14.8 Å². The van der Waals surface area contributed by atoms with E-state index in [1.807, 2.05) is 12.1 Å². The summed E-state index contributed by atoms with van der Waals surface area (Å²) < 4.78 is 10.5. The van der Waals surface area contributed by atoms with Crippen molar-refractivity contribution < 1.29 is 14.3 Å². The number of carbonyl (C=O) groups is 1. The number of hydrogen-bond acceptors (Lipinski definition) is 5. The molecule has 0 saturated heterocycles. The van der Waals surface area contributed by atoms with Crippen molar-refractivity contribution in [3.63, 3.8) is 0 Å². The van der Waals surface area contributed by atoms with Gasteiger partial charge in [-0.3, -0.25) is 4.79 Å². The maximum atomic E-state index is 12.3. The van der Waals surface area contributed by atoms with Crippen LogP contribution < -0.4 is 14.8 Å². The molecule has 7 heteroatoms. The molecule has 0 radical (unpaired) electrons. The van der Waals surface area contributed by atoms with E-state index in [0.717, 1.165) is 11.3 Å². The minimum atomic E-state index is -0.142. The molecule has 1 aromatic heterocycles. The lowest BCUT2D eigenvalue weighted by Crippen LogP contribution is -2.15. The Balaban J connectivity index is 1.68. The first-order valence-corrected chi connectivity index (χ1v) is 7.67. The van der Waals surface area contributed by atoms with E-state index < -0.39 is 0 Å². The van der Waals surface area contributed by atoms with Crippen LogP contribution in [0.1, 0.15) is 5.56 Å². The monoisotopic (exact) mass is 338 g/mol. The smallest absolute Gasteiger partial charge is 0.228 e. The minimum absolute atomic E-state index is 0.142. The number of aromatic nitrogens is 3. The van der Waals surface area contributed by atoms with Crippen molar-refractivity contribution in [3.8, 4) is 17.2 Å². The van der Waals surface area contributed by atoms with Crippen molar-refractivity contribution in [2.24, 2.45) is 0 Å². The van der Waals surface area contributed by atoms with Crippen LogP contribution in [0.2, 0.25) is 0 Å². The maximum Gasteiger partial charge on any atom is 0.228 e. The summed E-state index contributed by atoms with van der Waals surface area (Å²) in [4.78, 5) is 13.8. The molecule has 0 aliphatic heterocycles. The van der Waals surface area contributed by atoms with Crippen molar-refractivity contribution in [1.29, 1.82) is 0 Å². The summed E-state index contributed by atoms with van der Waals surface area (Å²) in [6, 6.07) is 12.7. The van der Waals surface area contributed by atoms with Crippen molar-refractivity contribution in [3.05, 3.63) is 60.4 Å². The van der Waals surface area contributed by atoms with Crippen LogP contribution in [-0.4, -0.2) is 35.1 Å². The molecule has 7 nitrogen and oxygen atoms in total. The number of amides is 1. The number of anilines is 1. The molecule has 2 aromatic carbocycles. The van der Waals surface area contributed by atoms with Crippen molar-refractivity contribution in [2.75, 3.05) is 19.5 Å². The third-order valence-electron chi connectivity index (χ3n) is 3.64. The van der Waals surface area contributed by atoms with Gasteiger partial charge in [-0.25, -0.2) is 0 Å². The molecule has 128 valence electrons. The van der Waals surface area contributed by atoms with E-state index in [0.29, 0.717) is 17.2 Å². The van der Waals surface area contributed by atoms with Gasteiger partial charge in [-0.2, -0.15) is 15.0 Å². The zero-order valence-electron chi connectivity index (χ0n) is 14.0. The lowest BCUT2D eigenvalue weighted by Gasteiger charge is -2.11. The van der Waals surface area contributed by atoms with Gasteiger partial charge in [-0.1, -0.05) is 0 Å². The Bertz CT molecular complexity index is 845. The average molecular weight is 338 g/mol. The highest BCUT2D eigenvalue weighted by molar-refractivity contribution is 5.92. The summed E-state index contributed by atoms with van der Waals surface area (Å²) in [7, 11) is 3.16. The fraction of sp³-hybridized carbons (Fsp3) is 0.167. The molecule has 1 amide bonds. The van der Waals surface area contributed by atoms with E-state index in [-0.39, 0.29) is 12.3 Å². The Morgan fingerprint density at radius 1 is 1.04 bits per heavy atom. The van der Waals surface area contributed by atoms with Crippen LogP contribution in [0, 0.1) is 0 Å². The molecule has 0 fully saturated rings. The zero-order valence-corrected chi connectivity index (χ0v) is 14.0. The highest BCUT2D eigenvalue weighted by atomic mass is 16.5. The number of benzene rings is 2. The molecule has 0 unspecified atom stereocenters. The third kappa shape index (κ3) is 3.95. The second kappa shape index (κ2) is 7.48. The molecule has 1 heterocycles. The molecule has 0 spiro atoms. The van der Waals surface area contributed by atoms with Gasteiger partial charge in [0.05, 0.1) is 38.7 Å². The van der Waals surface area contributed by atoms with Crippen LogP contribution in [0.4, 0.5) is 5.69 Å². The van der Waals surface area contributed by atoms with Crippen LogP contribution in [-0.2, 0) is 11.2 Å². The normalized spacial score (nSPS) is 10.3. The van der Waals surface area contributed by atoms with Gasteiger partial charge in [0, 0.05) is 11.3 Å². The summed E-state index contributed by atoms with van der Waals surface area (Å²) in [5.74, 6) is 1.19. The predicted octanol–water partition coefficient (Wildman–Crippen LogP) is 2.47. The first-order valence-electron chi connectivity index (χ1n) is 7.67. The Morgan fingerprint density at radius 2 is 1.76 bits per heavy atom. The minimum Gasteiger partial charge on any atom is -0.497 e. The van der Waals surface area contributed by atoms with E-state index >= 15 is 0 Å². The molecule has 3 rings (SSSR count). The standard InChI is InChI=1S/C18H18N4O3/c1-24-16-7-8-17(25-2)13(11-16)12-18(23)21-14-3-5-15(6-4-14)22-19-9-10-20-22/h3-11H,12H2,1-2H3,(H,21,23). The highest BCUT2D eigenvalue weighted by Crippen LogP contribution is 2.24. The Morgan fingerprint density at radius 3 is 2.40 bits per heavy atom. The summed E-state index contributed by atoms with van der Waals surface area (Å²) in [6.45, 7) is 0. The SMILES string of the molecule is COc1ccc(OC)c(CC(=O)Nc2ccc(-n3nccn3)cc2)c1. The fourth-order valence-electron chi connectivity index (χ4n) is 2.43. The van der Waals surface area contributed by atoms with Gasteiger partial charge in [0.2, 0.25) is 5.91 Å². The zero-order chi connectivity index (χ0) is 17.6. The van der Waals surface area contributed by atoms with Gasteiger partial charge in [-0.05, 0) is 42.5 Å². The summed E-state index contributed by atoms with van der Waals surface area (Å²) >= 11 is 0. The molecule has 0 bridgehead atoms. The number of ether oxygens (including phenoxy) is 2. The quantitative estimate of drug-likeness (QED) is 0.747. The van der Waals surface area contributed by atoms with Crippen LogP contribution in [0.3, 0.4) is 0 Å². The van der Waals surface area contributed by atoms with E-state index in [4.69, 9.17) is 9.47 Å². The van der Waals surface area contributed by atoms with Crippen molar-refractivity contribution >= 4 is 11.6 Å². The molecule has 0 saturated carbocycles. The van der Waals surface area contributed by atoms with Crippen LogP contribution in [0.25, 0.3) is 5.69 Å². The van der Waals surface area contributed by atoms with E-state index in [1.54, 1.807) is 56.9 Å². The Labute approximate surface area is 145 Å². The number of hydrogen-bond donors (Lipinski definition) is 1. The van der Waals surface area contributed by atoms with Crippen molar-refractivity contribution in [2.45, 2.75) is 6.42 Å². The summed E-state index contributed by atoms with van der Waals surface area (Å²) in [5, 5.41) is 11.0. The van der Waals surface area contributed by atoms with Gasteiger partial charge in [-0.15, -0.1) is 0 Å². The second-order valence-electron chi connectivity index (χ2n) is 5.27. The molecule has 1 N–H and O–H groups in total. The van der Waals surface area contributed by atoms with Crippen molar-refractivity contribution in [1.82, 2.24) is 15.0 Å². The third-order valence-corrected chi connectivity index (χ3v) is 3.64. The van der Waals surface area contributed by atoms with E-state index in [1.165, 1.54) is 4.80 Å². The fourth-order valence-corrected chi connectivity index (χ4v) is 2.43. The summed E-state index contributed by atoms with van der Waals surface area (Å²) in [6.07, 6.45) is 3.40. The molecular weight excluding hydrogens is 320 g/mol. The number of carbonyl (C=O) groups excluding carboxylic acids is 1. The number of nitrogens with zero attached hydrogens (tertiary/aromatic N) is 3. The number of methoxy groups -OCH3 is 2. The van der Waals surface area contributed by atoms with Crippen LogP contribution in [0.15, 0.2) is 54.9 Å². The maximum absolute atomic E-state index is 12.3. The van der Waals surface area contributed by atoms with E-state index in [2.05, 4.69) is 15.5 Å².